The van der Waals surface area contributed by atoms with E-state index >= 15 is 0 Å². The second kappa shape index (κ2) is 6.38. The lowest BCUT2D eigenvalue weighted by atomic mass is 10.2. The number of nitriles is 1. The van der Waals surface area contributed by atoms with Gasteiger partial charge in [-0.15, -0.1) is 0 Å². The molecule has 0 aromatic rings. The second-order valence-electron chi connectivity index (χ2n) is 2.55. The molecule has 0 amide bonds. The first-order chi connectivity index (χ1) is 5.70. The third-order valence-corrected chi connectivity index (χ3v) is 1.28. The number of rotatable bonds is 3. The summed E-state index contributed by atoms with van der Waals surface area (Å²) < 4.78 is 0. The SMILES string of the molecule is CC(/C=C/C=C(\C)CO)=C\C#N. The van der Waals surface area contributed by atoms with E-state index in [4.69, 9.17) is 10.4 Å². The number of hydrogen-bond acceptors (Lipinski definition) is 2. The topological polar surface area (TPSA) is 44.0 Å². The monoisotopic (exact) mass is 163 g/mol. The van der Waals surface area contributed by atoms with Gasteiger partial charge in [0.15, 0.2) is 0 Å². The quantitative estimate of drug-likeness (QED) is 0.510. The second-order valence-corrected chi connectivity index (χ2v) is 2.55. The molecule has 0 unspecified atom stereocenters. The Hall–Kier alpha value is -1.33. The molecule has 0 saturated heterocycles. The molecule has 2 nitrogen and oxygen atoms in total. The summed E-state index contributed by atoms with van der Waals surface area (Å²) in [6, 6.07) is 1.94. The van der Waals surface area contributed by atoms with Gasteiger partial charge >= 0.3 is 0 Å². The molecule has 0 fully saturated rings. The van der Waals surface area contributed by atoms with Crippen LogP contribution in [0.4, 0.5) is 0 Å². The summed E-state index contributed by atoms with van der Waals surface area (Å²) >= 11 is 0. The van der Waals surface area contributed by atoms with Crippen molar-refractivity contribution in [3.8, 4) is 6.07 Å². The Balaban J connectivity index is 4.11. The molecule has 0 saturated carbocycles. The summed E-state index contributed by atoms with van der Waals surface area (Å²) in [5, 5.41) is 16.9. The van der Waals surface area contributed by atoms with Gasteiger partial charge in [-0.2, -0.15) is 5.26 Å². The molecule has 0 spiro atoms. The van der Waals surface area contributed by atoms with Crippen LogP contribution in [0.5, 0.6) is 0 Å². The molecule has 12 heavy (non-hydrogen) atoms. The average Bonchev–Trinajstić information content (AvgIpc) is 2.04. The van der Waals surface area contributed by atoms with Crippen molar-refractivity contribution in [2.75, 3.05) is 6.61 Å². The number of nitrogens with zero attached hydrogens (tertiary/aromatic N) is 1. The lowest BCUT2D eigenvalue weighted by Crippen LogP contribution is -1.81. The Morgan fingerprint density at radius 1 is 1.50 bits per heavy atom. The summed E-state index contributed by atoms with van der Waals surface area (Å²) in [6.07, 6.45) is 6.92. The fourth-order valence-electron chi connectivity index (χ4n) is 0.567. The van der Waals surface area contributed by atoms with Crippen LogP contribution in [-0.4, -0.2) is 11.7 Å². The summed E-state index contributed by atoms with van der Waals surface area (Å²) in [5.74, 6) is 0. The predicted molar refractivity (Wildman–Crippen MR) is 49.4 cm³/mol. The van der Waals surface area contributed by atoms with Crippen LogP contribution in [0.1, 0.15) is 13.8 Å². The maximum atomic E-state index is 8.63. The molecule has 0 bridgehead atoms. The minimum absolute atomic E-state index is 0.0748. The Morgan fingerprint density at radius 2 is 2.17 bits per heavy atom. The minimum Gasteiger partial charge on any atom is -0.392 e. The van der Waals surface area contributed by atoms with Gasteiger partial charge in [0.1, 0.15) is 0 Å². The van der Waals surface area contributed by atoms with Crippen LogP contribution < -0.4 is 0 Å². The number of allylic oxidation sites excluding steroid dienone is 5. The third-order valence-electron chi connectivity index (χ3n) is 1.28. The Bertz CT molecular complexity index is 254. The molecule has 0 rings (SSSR count). The fraction of sp³-hybridized carbons (Fsp3) is 0.300. The molecule has 0 aliphatic carbocycles. The Kier molecular flexibility index (Phi) is 5.68. The first kappa shape index (κ1) is 10.7. The molecule has 0 aliphatic heterocycles. The highest BCUT2D eigenvalue weighted by Gasteiger charge is 1.80. The van der Waals surface area contributed by atoms with Gasteiger partial charge in [-0.25, -0.2) is 0 Å². The standard InChI is InChI=1S/C10H13NO/c1-9(6-7-11)4-3-5-10(2)8-12/h3-6,12H,8H2,1-2H3/b4-3+,9-6+,10-5+. The van der Waals surface area contributed by atoms with Crippen molar-refractivity contribution in [3.63, 3.8) is 0 Å². The maximum Gasteiger partial charge on any atom is 0.0914 e. The molecular formula is C10H13NO. The summed E-state index contributed by atoms with van der Waals surface area (Å²) in [7, 11) is 0. The van der Waals surface area contributed by atoms with Crippen molar-refractivity contribution in [1.29, 1.82) is 5.26 Å². The lowest BCUT2D eigenvalue weighted by Gasteiger charge is -1.89. The summed E-state index contributed by atoms with van der Waals surface area (Å²) in [6.45, 7) is 3.76. The van der Waals surface area contributed by atoms with E-state index in [1.54, 1.807) is 0 Å². The summed E-state index contributed by atoms with van der Waals surface area (Å²) in [4.78, 5) is 0. The van der Waals surface area contributed by atoms with Crippen LogP contribution in [0.3, 0.4) is 0 Å². The maximum absolute atomic E-state index is 8.63. The smallest absolute Gasteiger partial charge is 0.0914 e. The zero-order chi connectivity index (χ0) is 9.40. The van der Waals surface area contributed by atoms with Crippen molar-refractivity contribution in [1.82, 2.24) is 0 Å². The van der Waals surface area contributed by atoms with Gasteiger partial charge in [0, 0.05) is 6.08 Å². The molecular weight excluding hydrogens is 150 g/mol. The minimum atomic E-state index is 0.0748. The van der Waals surface area contributed by atoms with E-state index in [0.717, 1.165) is 11.1 Å². The van der Waals surface area contributed by atoms with E-state index in [0.29, 0.717) is 0 Å². The van der Waals surface area contributed by atoms with Crippen molar-refractivity contribution >= 4 is 0 Å². The van der Waals surface area contributed by atoms with E-state index in [1.165, 1.54) is 6.08 Å². The molecule has 0 radical (unpaired) electrons. The van der Waals surface area contributed by atoms with Gasteiger partial charge in [-0.3, -0.25) is 0 Å². The molecule has 0 heterocycles. The van der Waals surface area contributed by atoms with Gasteiger partial charge in [0.05, 0.1) is 12.7 Å². The highest BCUT2D eigenvalue weighted by molar-refractivity contribution is 5.26. The number of aliphatic hydroxyl groups excluding tert-OH is 1. The molecule has 0 aliphatic rings. The lowest BCUT2D eigenvalue weighted by molar-refractivity contribution is 0.331. The van der Waals surface area contributed by atoms with Crippen LogP contribution >= 0.6 is 0 Å². The van der Waals surface area contributed by atoms with Crippen molar-refractivity contribution in [3.05, 3.63) is 35.5 Å². The normalized spacial score (nSPS) is 13.5. The van der Waals surface area contributed by atoms with E-state index in [9.17, 15) is 0 Å². The van der Waals surface area contributed by atoms with Gasteiger partial charge < -0.3 is 5.11 Å². The van der Waals surface area contributed by atoms with Gasteiger partial charge in [0.25, 0.3) is 0 Å². The van der Waals surface area contributed by atoms with Crippen LogP contribution in [0, 0.1) is 11.3 Å². The van der Waals surface area contributed by atoms with Crippen molar-refractivity contribution < 1.29 is 5.11 Å². The van der Waals surface area contributed by atoms with Crippen molar-refractivity contribution in [2.24, 2.45) is 0 Å². The van der Waals surface area contributed by atoms with Gasteiger partial charge in [0.2, 0.25) is 0 Å². The molecule has 0 aromatic heterocycles. The molecule has 0 atom stereocenters. The van der Waals surface area contributed by atoms with E-state index in [2.05, 4.69) is 0 Å². The van der Waals surface area contributed by atoms with Crippen LogP contribution in [0.25, 0.3) is 0 Å². The van der Waals surface area contributed by atoms with Crippen LogP contribution in [0.15, 0.2) is 35.5 Å². The molecule has 64 valence electrons. The zero-order valence-corrected chi connectivity index (χ0v) is 7.41. The molecule has 1 N–H and O–H groups in total. The zero-order valence-electron chi connectivity index (χ0n) is 7.41. The third kappa shape index (κ3) is 5.45. The number of hydrogen-bond donors (Lipinski definition) is 1. The first-order valence-electron chi connectivity index (χ1n) is 3.71. The Morgan fingerprint density at radius 3 is 2.67 bits per heavy atom. The number of aliphatic hydroxyl groups is 1. The largest absolute Gasteiger partial charge is 0.392 e. The fourth-order valence-corrected chi connectivity index (χ4v) is 0.567. The van der Waals surface area contributed by atoms with Gasteiger partial charge in [-0.1, -0.05) is 18.2 Å². The van der Waals surface area contributed by atoms with E-state index in [1.807, 2.05) is 38.1 Å². The Labute approximate surface area is 73.1 Å². The van der Waals surface area contributed by atoms with Crippen molar-refractivity contribution in [2.45, 2.75) is 13.8 Å². The summed E-state index contributed by atoms with van der Waals surface area (Å²) in [5.41, 5.74) is 1.80. The van der Waals surface area contributed by atoms with E-state index in [-0.39, 0.29) is 6.61 Å². The molecule has 2 heteroatoms. The highest BCUT2D eigenvalue weighted by atomic mass is 16.3. The highest BCUT2D eigenvalue weighted by Crippen LogP contribution is 1.96. The average molecular weight is 163 g/mol. The van der Waals surface area contributed by atoms with E-state index < -0.39 is 0 Å². The van der Waals surface area contributed by atoms with Crippen LogP contribution in [-0.2, 0) is 0 Å². The van der Waals surface area contributed by atoms with Crippen LogP contribution in [0.2, 0.25) is 0 Å². The van der Waals surface area contributed by atoms with Gasteiger partial charge in [-0.05, 0) is 25.0 Å². The first-order valence-corrected chi connectivity index (χ1v) is 3.71. The predicted octanol–water partition coefficient (Wildman–Crippen LogP) is 1.95. The molecule has 0 aromatic carbocycles.